The van der Waals surface area contributed by atoms with E-state index in [9.17, 15) is 4.79 Å². The van der Waals surface area contributed by atoms with Crippen molar-refractivity contribution in [2.75, 3.05) is 11.4 Å². The Bertz CT molecular complexity index is 651. The van der Waals surface area contributed by atoms with E-state index in [0.29, 0.717) is 11.5 Å². The molecule has 3 rings (SSSR count). The molecule has 1 aliphatic rings. The highest BCUT2D eigenvalue weighted by molar-refractivity contribution is 5.89. The second-order valence-electron chi connectivity index (χ2n) is 5.40. The smallest absolute Gasteiger partial charge is 0.335 e. The van der Waals surface area contributed by atoms with Crippen LogP contribution in [0.25, 0.3) is 0 Å². The lowest BCUT2D eigenvalue weighted by Crippen LogP contribution is -2.30. The number of benzene rings is 2. The predicted octanol–water partition coefficient (Wildman–Crippen LogP) is 3.72. The van der Waals surface area contributed by atoms with Crippen LogP contribution < -0.4 is 4.90 Å². The van der Waals surface area contributed by atoms with Crippen molar-refractivity contribution in [2.24, 2.45) is 5.92 Å². The second kappa shape index (κ2) is 5.00. The highest BCUT2D eigenvalue weighted by atomic mass is 16.4. The number of rotatable bonds is 2. The molecule has 102 valence electrons. The summed E-state index contributed by atoms with van der Waals surface area (Å²) in [6, 6.07) is 15.5. The van der Waals surface area contributed by atoms with Crippen molar-refractivity contribution in [2.45, 2.75) is 13.3 Å². The Morgan fingerprint density at radius 2 is 2.00 bits per heavy atom. The largest absolute Gasteiger partial charge is 0.478 e. The van der Waals surface area contributed by atoms with Crippen molar-refractivity contribution in [3.05, 3.63) is 59.7 Å². The van der Waals surface area contributed by atoms with E-state index >= 15 is 0 Å². The SMILES string of the molecule is CC1Cc2ccccc2N(c2cccc(C(=O)O)c2)C1. The lowest BCUT2D eigenvalue weighted by Gasteiger charge is -2.35. The zero-order chi connectivity index (χ0) is 14.1. The van der Waals surface area contributed by atoms with Gasteiger partial charge in [-0.3, -0.25) is 0 Å². The molecule has 1 N–H and O–H groups in total. The number of carboxylic acid groups (broad SMARTS) is 1. The van der Waals surface area contributed by atoms with Crippen molar-refractivity contribution in [3.8, 4) is 0 Å². The van der Waals surface area contributed by atoms with Gasteiger partial charge < -0.3 is 10.0 Å². The first-order valence-corrected chi connectivity index (χ1v) is 6.84. The number of hydrogen-bond donors (Lipinski definition) is 1. The summed E-state index contributed by atoms with van der Waals surface area (Å²) in [4.78, 5) is 13.3. The van der Waals surface area contributed by atoms with Crippen molar-refractivity contribution in [1.29, 1.82) is 0 Å². The molecule has 1 unspecified atom stereocenters. The molecule has 0 aromatic heterocycles. The van der Waals surface area contributed by atoms with Crippen LogP contribution >= 0.6 is 0 Å². The maximum absolute atomic E-state index is 11.1. The number of aromatic carboxylic acids is 1. The number of anilines is 2. The van der Waals surface area contributed by atoms with E-state index in [0.717, 1.165) is 18.7 Å². The number of carbonyl (C=O) groups is 1. The zero-order valence-electron chi connectivity index (χ0n) is 11.4. The summed E-state index contributed by atoms with van der Waals surface area (Å²) in [5, 5.41) is 9.14. The number of hydrogen-bond acceptors (Lipinski definition) is 2. The first kappa shape index (κ1) is 12.7. The van der Waals surface area contributed by atoms with Gasteiger partial charge in [0.05, 0.1) is 5.56 Å². The fourth-order valence-electron chi connectivity index (χ4n) is 2.85. The van der Waals surface area contributed by atoms with Crippen molar-refractivity contribution >= 4 is 17.3 Å². The van der Waals surface area contributed by atoms with Gasteiger partial charge in [-0.05, 0) is 42.2 Å². The van der Waals surface area contributed by atoms with Gasteiger partial charge in [-0.15, -0.1) is 0 Å². The van der Waals surface area contributed by atoms with Crippen LogP contribution in [0.5, 0.6) is 0 Å². The van der Waals surface area contributed by atoms with Gasteiger partial charge in [0.15, 0.2) is 0 Å². The first-order chi connectivity index (χ1) is 9.65. The summed E-state index contributed by atoms with van der Waals surface area (Å²) in [6.45, 7) is 3.14. The Hall–Kier alpha value is -2.29. The quantitative estimate of drug-likeness (QED) is 0.901. The highest BCUT2D eigenvalue weighted by Gasteiger charge is 2.22. The van der Waals surface area contributed by atoms with Crippen LogP contribution in [0.1, 0.15) is 22.8 Å². The maximum Gasteiger partial charge on any atom is 0.335 e. The number of nitrogens with zero attached hydrogens (tertiary/aromatic N) is 1. The molecule has 2 aromatic carbocycles. The van der Waals surface area contributed by atoms with Crippen LogP contribution in [0.15, 0.2) is 48.5 Å². The summed E-state index contributed by atoms with van der Waals surface area (Å²) in [5.74, 6) is -0.330. The molecule has 2 aromatic rings. The van der Waals surface area contributed by atoms with Crippen LogP contribution in [0.3, 0.4) is 0 Å². The summed E-state index contributed by atoms with van der Waals surface area (Å²) >= 11 is 0. The molecule has 0 saturated heterocycles. The molecule has 0 fully saturated rings. The summed E-state index contributed by atoms with van der Waals surface area (Å²) < 4.78 is 0. The van der Waals surface area contributed by atoms with Gasteiger partial charge in [0, 0.05) is 17.9 Å². The Labute approximate surface area is 118 Å². The van der Waals surface area contributed by atoms with Crippen LogP contribution in [0, 0.1) is 5.92 Å². The summed E-state index contributed by atoms with van der Waals surface area (Å²) in [5.41, 5.74) is 3.79. The predicted molar refractivity (Wildman–Crippen MR) is 79.7 cm³/mol. The third kappa shape index (κ3) is 2.27. The third-order valence-electron chi connectivity index (χ3n) is 3.75. The van der Waals surface area contributed by atoms with Crippen LogP contribution in [-0.2, 0) is 6.42 Å². The average Bonchev–Trinajstić information content (AvgIpc) is 2.46. The zero-order valence-corrected chi connectivity index (χ0v) is 11.4. The normalized spacial score (nSPS) is 17.6. The molecular weight excluding hydrogens is 250 g/mol. The topological polar surface area (TPSA) is 40.5 Å². The van der Waals surface area contributed by atoms with Gasteiger partial charge in [0.2, 0.25) is 0 Å². The number of para-hydroxylation sites is 1. The maximum atomic E-state index is 11.1. The highest BCUT2D eigenvalue weighted by Crippen LogP contribution is 2.35. The van der Waals surface area contributed by atoms with Crippen molar-refractivity contribution < 1.29 is 9.90 Å². The molecule has 3 heteroatoms. The first-order valence-electron chi connectivity index (χ1n) is 6.84. The minimum absolute atomic E-state index is 0.332. The fraction of sp³-hybridized carbons (Fsp3) is 0.235. The molecule has 0 saturated carbocycles. The van der Waals surface area contributed by atoms with Crippen molar-refractivity contribution in [1.82, 2.24) is 0 Å². The molecular formula is C17H17NO2. The Kier molecular flexibility index (Phi) is 3.18. The molecule has 1 atom stereocenters. The molecule has 0 bridgehead atoms. The van der Waals surface area contributed by atoms with E-state index in [2.05, 4.69) is 30.0 Å². The average molecular weight is 267 g/mol. The van der Waals surface area contributed by atoms with Crippen LogP contribution in [0.4, 0.5) is 11.4 Å². The molecule has 0 spiro atoms. The molecule has 0 amide bonds. The van der Waals surface area contributed by atoms with Crippen LogP contribution in [-0.4, -0.2) is 17.6 Å². The van der Waals surface area contributed by atoms with Gasteiger partial charge in [-0.2, -0.15) is 0 Å². The monoisotopic (exact) mass is 267 g/mol. The van der Waals surface area contributed by atoms with E-state index in [1.165, 1.54) is 11.3 Å². The van der Waals surface area contributed by atoms with Gasteiger partial charge >= 0.3 is 5.97 Å². The number of carboxylic acids is 1. The standard InChI is InChI=1S/C17H17NO2/c1-12-9-13-5-2-3-8-16(13)18(11-12)15-7-4-6-14(10-15)17(19)20/h2-8,10,12H,9,11H2,1H3,(H,19,20). The van der Waals surface area contributed by atoms with Gasteiger partial charge in [-0.25, -0.2) is 4.79 Å². The molecule has 1 aliphatic heterocycles. The van der Waals surface area contributed by atoms with Gasteiger partial charge in [-0.1, -0.05) is 31.2 Å². The van der Waals surface area contributed by atoms with E-state index in [1.807, 2.05) is 12.1 Å². The molecule has 1 heterocycles. The lowest BCUT2D eigenvalue weighted by molar-refractivity contribution is 0.0697. The van der Waals surface area contributed by atoms with Crippen LogP contribution in [0.2, 0.25) is 0 Å². The van der Waals surface area contributed by atoms with Crippen molar-refractivity contribution in [3.63, 3.8) is 0 Å². The summed E-state index contributed by atoms with van der Waals surface area (Å²) in [7, 11) is 0. The van der Waals surface area contributed by atoms with E-state index in [1.54, 1.807) is 18.2 Å². The van der Waals surface area contributed by atoms with E-state index < -0.39 is 5.97 Å². The minimum Gasteiger partial charge on any atom is -0.478 e. The lowest BCUT2D eigenvalue weighted by atomic mass is 9.93. The second-order valence-corrected chi connectivity index (χ2v) is 5.40. The third-order valence-corrected chi connectivity index (χ3v) is 3.75. The Morgan fingerprint density at radius 3 is 2.80 bits per heavy atom. The van der Waals surface area contributed by atoms with E-state index in [4.69, 9.17) is 5.11 Å². The molecule has 0 aliphatic carbocycles. The summed E-state index contributed by atoms with van der Waals surface area (Å²) in [6.07, 6.45) is 1.07. The van der Waals surface area contributed by atoms with Gasteiger partial charge in [0.1, 0.15) is 0 Å². The molecule has 3 nitrogen and oxygen atoms in total. The van der Waals surface area contributed by atoms with E-state index in [-0.39, 0.29) is 0 Å². The molecule has 20 heavy (non-hydrogen) atoms. The Balaban J connectivity index is 2.06. The van der Waals surface area contributed by atoms with Gasteiger partial charge in [0.25, 0.3) is 0 Å². The molecule has 0 radical (unpaired) electrons. The fourth-order valence-corrected chi connectivity index (χ4v) is 2.85. The minimum atomic E-state index is -0.884. The number of fused-ring (bicyclic) bond motifs is 1. The Morgan fingerprint density at radius 1 is 1.20 bits per heavy atom.